The molecule has 0 bridgehead atoms. The van der Waals surface area contributed by atoms with Crippen molar-refractivity contribution in [1.82, 2.24) is 5.32 Å². The first-order chi connectivity index (χ1) is 9.15. The zero-order valence-electron chi connectivity index (χ0n) is 10.5. The maximum Gasteiger partial charge on any atom is 0.322 e. The van der Waals surface area contributed by atoms with Crippen LogP contribution in [-0.4, -0.2) is 23.5 Å². The Morgan fingerprint density at radius 1 is 1.42 bits per heavy atom. The van der Waals surface area contributed by atoms with E-state index < -0.39 is 4.92 Å². The van der Waals surface area contributed by atoms with Crippen molar-refractivity contribution in [3.05, 3.63) is 33.9 Å². The number of nitro benzene ring substituents is 1. The molecule has 1 aliphatic carbocycles. The molecule has 0 spiro atoms. The maximum absolute atomic E-state index is 12.1. The lowest BCUT2D eigenvalue weighted by Gasteiger charge is -2.29. The molecule has 1 fully saturated rings. The second-order valence-electron chi connectivity index (χ2n) is 5.05. The van der Waals surface area contributed by atoms with Gasteiger partial charge in [0, 0.05) is 24.7 Å². The van der Waals surface area contributed by atoms with Gasteiger partial charge in [-0.05, 0) is 31.2 Å². The van der Waals surface area contributed by atoms with Gasteiger partial charge in [-0.3, -0.25) is 15.0 Å². The minimum atomic E-state index is -0.425. The third-order valence-corrected chi connectivity index (χ3v) is 3.55. The van der Waals surface area contributed by atoms with E-state index in [0.29, 0.717) is 12.2 Å². The van der Waals surface area contributed by atoms with E-state index in [1.54, 1.807) is 11.0 Å². The van der Waals surface area contributed by atoms with Crippen LogP contribution in [0.25, 0.3) is 0 Å². The Kier molecular flexibility index (Phi) is 2.85. The number of carbonyl (C=O) groups is 1. The predicted molar refractivity (Wildman–Crippen MR) is 70.3 cm³/mol. The number of nitro groups is 1. The Labute approximate surface area is 110 Å². The van der Waals surface area contributed by atoms with Crippen LogP contribution in [0, 0.1) is 10.1 Å². The molecular formula is C13H15N3O3. The second-order valence-corrected chi connectivity index (χ2v) is 5.05. The van der Waals surface area contributed by atoms with E-state index in [1.165, 1.54) is 12.1 Å². The third kappa shape index (κ3) is 2.38. The van der Waals surface area contributed by atoms with E-state index in [2.05, 4.69) is 5.32 Å². The summed E-state index contributed by atoms with van der Waals surface area (Å²) in [6.07, 6.45) is 3.81. The van der Waals surface area contributed by atoms with Crippen molar-refractivity contribution < 1.29 is 9.72 Å². The molecule has 1 heterocycles. The van der Waals surface area contributed by atoms with E-state index in [9.17, 15) is 14.9 Å². The van der Waals surface area contributed by atoms with Gasteiger partial charge in [0.15, 0.2) is 0 Å². The van der Waals surface area contributed by atoms with Crippen molar-refractivity contribution in [1.29, 1.82) is 0 Å². The summed E-state index contributed by atoms with van der Waals surface area (Å²) in [5, 5.41) is 13.8. The summed E-state index contributed by atoms with van der Waals surface area (Å²) in [7, 11) is 0. The number of rotatable bonds is 2. The number of nitrogens with one attached hydrogen (secondary N) is 1. The van der Waals surface area contributed by atoms with Gasteiger partial charge in [-0.15, -0.1) is 0 Å². The van der Waals surface area contributed by atoms with Gasteiger partial charge in [0.1, 0.15) is 0 Å². The highest BCUT2D eigenvalue weighted by atomic mass is 16.6. The summed E-state index contributed by atoms with van der Waals surface area (Å²) in [4.78, 5) is 24.2. The van der Waals surface area contributed by atoms with Crippen molar-refractivity contribution in [3.8, 4) is 0 Å². The van der Waals surface area contributed by atoms with Crippen molar-refractivity contribution in [3.63, 3.8) is 0 Å². The van der Waals surface area contributed by atoms with Crippen molar-refractivity contribution in [2.75, 3.05) is 11.4 Å². The number of anilines is 1. The highest BCUT2D eigenvalue weighted by Gasteiger charge is 2.29. The quantitative estimate of drug-likeness (QED) is 0.655. The highest BCUT2D eigenvalue weighted by molar-refractivity contribution is 5.94. The Morgan fingerprint density at radius 2 is 2.21 bits per heavy atom. The lowest BCUT2D eigenvalue weighted by Crippen LogP contribution is -2.43. The Hall–Kier alpha value is -2.11. The molecule has 1 aromatic rings. The number of hydrogen-bond acceptors (Lipinski definition) is 3. The summed E-state index contributed by atoms with van der Waals surface area (Å²) in [5.74, 6) is 0. The van der Waals surface area contributed by atoms with E-state index in [-0.39, 0.29) is 17.8 Å². The molecule has 3 rings (SSSR count). The topological polar surface area (TPSA) is 75.5 Å². The Balaban J connectivity index is 1.90. The number of carbonyl (C=O) groups excluding carboxylic acids is 1. The van der Waals surface area contributed by atoms with Crippen LogP contribution in [0.5, 0.6) is 0 Å². The van der Waals surface area contributed by atoms with Crippen molar-refractivity contribution in [2.45, 2.75) is 31.7 Å². The van der Waals surface area contributed by atoms with Gasteiger partial charge in [-0.1, -0.05) is 6.07 Å². The van der Waals surface area contributed by atoms with Crippen molar-refractivity contribution >= 4 is 17.4 Å². The molecule has 0 saturated heterocycles. The van der Waals surface area contributed by atoms with Crippen LogP contribution in [-0.2, 0) is 6.42 Å². The summed E-state index contributed by atoms with van der Waals surface area (Å²) in [5.41, 5.74) is 1.71. The Morgan fingerprint density at radius 3 is 2.89 bits per heavy atom. The number of nitrogens with zero attached hydrogens (tertiary/aromatic N) is 2. The molecule has 6 nitrogen and oxygen atoms in total. The lowest BCUT2D eigenvalue weighted by atomic mass is 10.0. The summed E-state index contributed by atoms with van der Waals surface area (Å²) in [6, 6.07) is 4.91. The fourth-order valence-electron chi connectivity index (χ4n) is 2.37. The minimum absolute atomic E-state index is 0.0323. The highest BCUT2D eigenvalue weighted by Crippen LogP contribution is 2.31. The number of urea groups is 1. The first-order valence-corrected chi connectivity index (χ1v) is 6.50. The number of fused-ring (bicyclic) bond motifs is 1. The van der Waals surface area contributed by atoms with Crippen molar-refractivity contribution in [2.24, 2.45) is 0 Å². The van der Waals surface area contributed by atoms with Crippen LogP contribution >= 0.6 is 0 Å². The van der Waals surface area contributed by atoms with Gasteiger partial charge in [-0.2, -0.15) is 0 Å². The van der Waals surface area contributed by atoms with E-state index in [4.69, 9.17) is 0 Å². The molecule has 6 heteroatoms. The smallest absolute Gasteiger partial charge is 0.322 e. The zero-order valence-corrected chi connectivity index (χ0v) is 10.5. The maximum atomic E-state index is 12.1. The number of aryl methyl sites for hydroxylation is 1. The van der Waals surface area contributed by atoms with Gasteiger partial charge in [0.05, 0.1) is 10.6 Å². The minimum Gasteiger partial charge on any atom is -0.335 e. The average molecular weight is 261 g/mol. The molecule has 1 aliphatic heterocycles. The van der Waals surface area contributed by atoms with Gasteiger partial charge >= 0.3 is 6.03 Å². The number of amides is 2. The fourth-order valence-corrected chi connectivity index (χ4v) is 2.37. The van der Waals surface area contributed by atoms with Gasteiger partial charge < -0.3 is 5.32 Å². The third-order valence-electron chi connectivity index (χ3n) is 3.55. The SMILES string of the molecule is O=C(NC1CC1)N1CCCc2ccc([N+](=O)[O-])cc21. The molecular weight excluding hydrogens is 246 g/mol. The zero-order chi connectivity index (χ0) is 13.4. The van der Waals surface area contributed by atoms with Crippen LogP contribution in [0.3, 0.4) is 0 Å². The van der Waals surface area contributed by atoms with Crippen LogP contribution in [0.1, 0.15) is 24.8 Å². The second kappa shape index (κ2) is 4.53. The molecule has 1 saturated carbocycles. The van der Waals surface area contributed by atoms with Gasteiger partial charge in [0.25, 0.3) is 5.69 Å². The molecule has 2 amide bonds. The number of non-ortho nitro benzene ring substituents is 1. The summed E-state index contributed by atoms with van der Waals surface area (Å²) in [6.45, 7) is 0.618. The van der Waals surface area contributed by atoms with Crippen LogP contribution in [0.2, 0.25) is 0 Å². The van der Waals surface area contributed by atoms with Crippen LogP contribution < -0.4 is 10.2 Å². The average Bonchev–Trinajstić information content (AvgIpc) is 3.21. The number of hydrogen-bond donors (Lipinski definition) is 1. The monoisotopic (exact) mass is 261 g/mol. The first kappa shape index (κ1) is 12.0. The van der Waals surface area contributed by atoms with Gasteiger partial charge in [-0.25, -0.2) is 4.79 Å². The largest absolute Gasteiger partial charge is 0.335 e. The summed E-state index contributed by atoms with van der Waals surface area (Å²) >= 11 is 0. The molecule has 2 aliphatic rings. The normalized spacial score (nSPS) is 17.8. The van der Waals surface area contributed by atoms with E-state index in [1.807, 2.05) is 0 Å². The molecule has 0 aromatic heterocycles. The molecule has 1 aromatic carbocycles. The van der Waals surface area contributed by atoms with Crippen LogP contribution in [0.15, 0.2) is 18.2 Å². The molecule has 0 atom stereocenters. The molecule has 1 N–H and O–H groups in total. The summed E-state index contributed by atoms with van der Waals surface area (Å²) < 4.78 is 0. The van der Waals surface area contributed by atoms with Crippen LogP contribution in [0.4, 0.5) is 16.2 Å². The lowest BCUT2D eigenvalue weighted by molar-refractivity contribution is -0.384. The molecule has 0 radical (unpaired) electrons. The molecule has 100 valence electrons. The van der Waals surface area contributed by atoms with Gasteiger partial charge in [0.2, 0.25) is 0 Å². The predicted octanol–water partition coefficient (Wildman–Crippen LogP) is 2.22. The fraction of sp³-hybridized carbons (Fsp3) is 0.462. The molecule has 19 heavy (non-hydrogen) atoms. The van der Waals surface area contributed by atoms with E-state index >= 15 is 0 Å². The number of benzene rings is 1. The Bertz CT molecular complexity index is 540. The first-order valence-electron chi connectivity index (χ1n) is 6.50. The standard InChI is InChI=1S/C13H15N3O3/c17-13(14-10-4-5-10)15-7-1-2-9-3-6-11(16(18)19)8-12(9)15/h3,6,8,10H,1-2,4-5,7H2,(H,14,17). The molecule has 0 unspecified atom stereocenters. The van der Waals surface area contributed by atoms with E-state index in [0.717, 1.165) is 31.2 Å².